The van der Waals surface area contributed by atoms with Crippen LogP contribution < -0.4 is 0 Å². The molecule has 0 spiro atoms. The second-order valence-corrected chi connectivity index (χ2v) is 24.4. The van der Waals surface area contributed by atoms with E-state index in [2.05, 4.69) is 148 Å². The van der Waals surface area contributed by atoms with Crippen LogP contribution in [0.4, 0.5) is 0 Å². The highest BCUT2D eigenvalue weighted by molar-refractivity contribution is 5.71. The molecule has 0 aliphatic rings. The largest absolute Gasteiger partial charge is 0.477 e. The summed E-state index contributed by atoms with van der Waals surface area (Å²) in [7, 11) is 5.97. The third-order valence-corrected chi connectivity index (χ3v) is 14.9. The van der Waals surface area contributed by atoms with Gasteiger partial charge in [0.2, 0.25) is 0 Å². The maximum atomic E-state index is 13.0. The topological polar surface area (TPSA) is 108 Å². The lowest BCUT2D eigenvalue weighted by molar-refractivity contribution is -0.870. The number of nitrogens with zero attached hydrogens (tertiary/aromatic N) is 1. The molecule has 2 unspecified atom stereocenters. The second kappa shape index (κ2) is 67.4. The fraction of sp³-hybridized carbons (Fsp3) is 0.679. The number of carboxylic acids is 1. The molecule has 0 amide bonds. The highest BCUT2D eigenvalue weighted by Gasteiger charge is 2.25. The summed E-state index contributed by atoms with van der Waals surface area (Å²) in [6.45, 7) is 4.66. The molecule has 0 aliphatic heterocycles. The SMILES string of the molecule is CC/C=C\C/C=C\C/C=C\C/C=C\C/C=C\C/C=C\C/C=C\CCCCCCCCCCCCCC(=O)OC(COC(=O)CCCCCCCCCCCCCCCCCC/C=C\C/C=C\C/C=C\C/C=C\CC)COC(OCC[N+](C)(C)C)C(=O)O. The van der Waals surface area contributed by atoms with Crippen molar-refractivity contribution in [3.8, 4) is 0 Å². The lowest BCUT2D eigenvalue weighted by atomic mass is 10.0. The Morgan fingerprint density at radius 3 is 0.920 bits per heavy atom. The molecular weight excluding hydrogens is 1080 g/mol. The molecule has 0 aromatic carbocycles. The zero-order valence-electron chi connectivity index (χ0n) is 56.6. The first-order valence-corrected chi connectivity index (χ1v) is 35.3. The van der Waals surface area contributed by atoms with Gasteiger partial charge in [-0.1, -0.05) is 295 Å². The van der Waals surface area contributed by atoms with Crippen LogP contribution in [0.1, 0.15) is 284 Å². The molecule has 0 aromatic heterocycles. The minimum absolute atomic E-state index is 0.182. The first-order chi connectivity index (χ1) is 42.6. The van der Waals surface area contributed by atoms with Crippen LogP contribution in [0.15, 0.2) is 134 Å². The summed E-state index contributed by atoms with van der Waals surface area (Å²) in [5.74, 6) is -2.01. The molecule has 0 radical (unpaired) electrons. The summed E-state index contributed by atoms with van der Waals surface area (Å²) in [6, 6.07) is 0. The van der Waals surface area contributed by atoms with Crippen molar-refractivity contribution in [1.29, 1.82) is 0 Å². The molecule has 0 fully saturated rings. The molecule has 2 atom stereocenters. The molecular formula is C78H132NO8+. The van der Waals surface area contributed by atoms with Crippen molar-refractivity contribution in [3.05, 3.63) is 134 Å². The van der Waals surface area contributed by atoms with Gasteiger partial charge < -0.3 is 28.5 Å². The Bertz CT molecular complexity index is 1890. The third kappa shape index (κ3) is 68.8. The molecule has 0 bridgehead atoms. The van der Waals surface area contributed by atoms with Gasteiger partial charge in [-0.25, -0.2) is 4.79 Å². The van der Waals surface area contributed by atoms with Crippen molar-refractivity contribution in [2.24, 2.45) is 0 Å². The lowest BCUT2D eigenvalue weighted by Gasteiger charge is -2.25. The number of carbonyl (C=O) groups excluding carboxylic acids is 2. The van der Waals surface area contributed by atoms with Crippen molar-refractivity contribution in [3.63, 3.8) is 0 Å². The van der Waals surface area contributed by atoms with E-state index in [1.165, 1.54) is 135 Å². The Kier molecular flexibility index (Phi) is 63.8. The number of esters is 2. The quantitative estimate of drug-likeness (QED) is 0.0211. The Morgan fingerprint density at radius 2 is 0.621 bits per heavy atom. The summed E-state index contributed by atoms with van der Waals surface area (Å²) in [5, 5.41) is 9.75. The van der Waals surface area contributed by atoms with E-state index in [9.17, 15) is 19.5 Å². The van der Waals surface area contributed by atoms with Crippen molar-refractivity contribution >= 4 is 17.9 Å². The maximum Gasteiger partial charge on any atom is 0.361 e. The van der Waals surface area contributed by atoms with E-state index in [1.807, 2.05) is 21.1 Å². The van der Waals surface area contributed by atoms with Gasteiger partial charge in [0.05, 0.1) is 34.4 Å². The number of carboxylic acid groups (broad SMARTS) is 1. The smallest absolute Gasteiger partial charge is 0.361 e. The molecule has 87 heavy (non-hydrogen) atoms. The molecule has 0 aromatic rings. The van der Waals surface area contributed by atoms with Gasteiger partial charge in [0, 0.05) is 12.8 Å². The van der Waals surface area contributed by atoms with Crippen LogP contribution in [0.3, 0.4) is 0 Å². The number of ether oxygens (including phenoxy) is 4. The summed E-state index contributed by atoms with van der Waals surface area (Å²) >= 11 is 0. The Balaban J connectivity index is 4.14. The van der Waals surface area contributed by atoms with Crippen molar-refractivity contribution in [1.82, 2.24) is 0 Å². The normalized spacial score (nSPS) is 13.5. The van der Waals surface area contributed by atoms with Crippen LogP contribution in [0, 0.1) is 0 Å². The van der Waals surface area contributed by atoms with Crippen molar-refractivity contribution in [2.75, 3.05) is 47.5 Å². The predicted molar refractivity (Wildman–Crippen MR) is 373 cm³/mol. The van der Waals surface area contributed by atoms with Crippen LogP contribution in [0.25, 0.3) is 0 Å². The number of aliphatic carboxylic acids is 1. The van der Waals surface area contributed by atoms with Crippen LogP contribution >= 0.6 is 0 Å². The van der Waals surface area contributed by atoms with E-state index in [4.69, 9.17) is 18.9 Å². The lowest BCUT2D eigenvalue weighted by Crippen LogP contribution is -2.40. The zero-order chi connectivity index (χ0) is 63.3. The van der Waals surface area contributed by atoms with E-state index in [0.717, 1.165) is 116 Å². The van der Waals surface area contributed by atoms with E-state index < -0.39 is 24.3 Å². The van der Waals surface area contributed by atoms with Gasteiger partial charge in [-0.3, -0.25) is 9.59 Å². The summed E-state index contributed by atoms with van der Waals surface area (Å²) < 4.78 is 23.0. The van der Waals surface area contributed by atoms with Gasteiger partial charge in [0.15, 0.2) is 6.10 Å². The minimum Gasteiger partial charge on any atom is -0.477 e. The number of hydrogen-bond acceptors (Lipinski definition) is 7. The number of unbranched alkanes of at least 4 members (excludes halogenated alkanes) is 27. The van der Waals surface area contributed by atoms with E-state index >= 15 is 0 Å². The molecule has 0 saturated carbocycles. The molecule has 9 heteroatoms. The molecule has 496 valence electrons. The van der Waals surface area contributed by atoms with Gasteiger partial charge >= 0.3 is 17.9 Å². The number of allylic oxidation sites excluding steroid dienone is 22. The average molecular weight is 1210 g/mol. The number of quaternary nitrogens is 1. The summed E-state index contributed by atoms with van der Waals surface area (Å²) in [6.07, 6.45) is 94.1. The third-order valence-electron chi connectivity index (χ3n) is 14.9. The predicted octanol–water partition coefficient (Wildman–Crippen LogP) is 22.1. The molecule has 1 N–H and O–H groups in total. The molecule has 0 aliphatic carbocycles. The van der Waals surface area contributed by atoms with Crippen molar-refractivity contribution in [2.45, 2.75) is 296 Å². The maximum absolute atomic E-state index is 13.0. The number of rotatable bonds is 64. The fourth-order valence-electron chi connectivity index (χ4n) is 9.58. The number of likely N-dealkylation sites (N-methyl/N-ethyl adjacent to an activating group) is 1. The van der Waals surface area contributed by atoms with Gasteiger partial charge in [0.1, 0.15) is 13.2 Å². The van der Waals surface area contributed by atoms with Gasteiger partial charge in [-0.2, -0.15) is 0 Å². The van der Waals surface area contributed by atoms with Gasteiger partial charge in [-0.15, -0.1) is 0 Å². The molecule has 0 heterocycles. The number of hydrogen-bond donors (Lipinski definition) is 1. The van der Waals surface area contributed by atoms with Crippen LogP contribution in [0.5, 0.6) is 0 Å². The number of carbonyl (C=O) groups is 3. The minimum atomic E-state index is -1.52. The Morgan fingerprint density at radius 1 is 0.345 bits per heavy atom. The molecule has 0 rings (SSSR count). The monoisotopic (exact) mass is 1210 g/mol. The molecule has 0 saturated heterocycles. The highest BCUT2D eigenvalue weighted by atomic mass is 16.7. The first kappa shape index (κ1) is 82.4. The van der Waals surface area contributed by atoms with E-state index in [-0.39, 0.29) is 32.2 Å². The molecule has 9 nitrogen and oxygen atoms in total. The summed E-state index contributed by atoms with van der Waals surface area (Å²) in [5.41, 5.74) is 0. The standard InChI is InChI=1S/C78H131NO8/c1-6-8-10-12-14-16-18-20-22-24-26-28-30-32-34-36-37-38-39-41-43-45-47-49-51-53-55-57-59-61-63-65-67-69-76(81)87-74(73-86-78(77(82)83)84-71-70-79(3,4)5)72-85-75(80)68-66-64-62-60-58-56-54-52-50-48-46-44-42-40-35-33-31-29-27-25-23-21-19-17-15-13-11-9-7-2/h8-11,14-17,20-23,26-29,32,34,37-38,41,43,74,78H,6-7,12-13,18-19,24-25,30-31,33,35-36,39-40,42,44-73H2,1-5H3/p+1/b10-8-,11-9-,16-14-,17-15-,22-20-,23-21-,28-26-,29-27-,34-32-,38-37-,43-41-. The Labute approximate surface area is 535 Å². The van der Waals surface area contributed by atoms with Crippen molar-refractivity contribution < 1.29 is 42.9 Å². The van der Waals surface area contributed by atoms with Crippen LogP contribution in [-0.2, 0) is 33.3 Å². The first-order valence-electron chi connectivity index (χ1n) is 35.3. The van der Waals surface area contributed by atoms with Gasteiger partial charge in [-0.05, 0) is 109 Å². The zero-order valence-corrected chi connectivity index (χ0v) is 56.6. The fourth-order valence-corrected chi connectivity index (χ4v) is 9.58. The van der Waals surface area contributed by atoms with Crippen LogP contribution in [0.2, 0.25) is 0 Å². The van der Waals surface area contributed by atoms with E-state index in [1.54, 1.807) is 0 Å². The highest BCUT2D eigenvalue weighted by Crippen LogP contribution is 2.17. The van der Waals surface area contributed by atoms with Crippen LogP contribution in [-0.4, -0.2) is 87.4 Å². The summed E-state index contributed by atoms with van der Waals surface area (Å²) in [4.78, 5) is 37.7. The van der Waals surface area contributed by atoms with E-state index in [0.29, 0.717) is 23.9 Å². The Hall–Kier alpha value is -4.57. The average Bonchev–Trinajstić information content (AvgIpc) is 3.59. The van der Waals surface area contributed by atoms with Gasteiger partial charge in [0.25, 0.3) is 6.29 Å². The second-order valence-electron chi connectivity index (χ2n) is 24.4.